The van der Waals surface area contributed by atoms with Gasteiger partial charge in [0, 0.05) is 50.5 Å². The van der Waals surface area contributed by atoms with Crippen LogP contribution in [-0.4, -0.2) is 87.4 Å². The fourth-order valence-corrected chi connectivity index (χ4v) is 8.78. The molecule has 0 saturated heterocycles. The van der Waals surface area contributed by atoms with Gasteiger partial charge in [0.05, 0.1) is 26.2 Å². The fraction of sp³-hybridized carbons (Fsp3) is 0.810. The molecule has 0 radical (unpaired) electrons. The zero-order valence-electron chi connectivity index (χ0n) is 44.8. The molecule has 0 aliphatic heterocycles. The molecule has 4 unspecified atom stereocenters. The molecule has 11 nitrogen and oxygen atoms in total. The average Bonchev–Trinajstić information content (AvgIpc) is 3.69. The number of rotatable bonds is 45. The van der Waals surface area contributed by atoms with Crippen molar-refractivity contribution in [2.24, 2.45) is 17.8 Å². The van der Waals surface area contributed by atoms with E-state index in [9.17, 15) is 24.0 Å². The maximum absolute atomic E-state index is 13.3. The molecule has 0 bridgehead atoms. The Balaban J connectivity index is 2.76. The zero-order chi connectivity index (χ0) is 50.6. The highest BCUT2D eigenvalue weighted by atomic mass is 16.6. The SMILES string of the molecule is CC/C=C\CC1C(CC(=O)OCCC(CCCCCCCC/C=C\C/C=C\CCCCC)OC(=O)CCCCC(COC(=O)CCCCC)COC(=O)CCCCC)CCC1OC(=O)CCN(C)C. The quantitative estimate of drug-likeness (QED) is 0.0250. The first kappa shape index (κ1) is 63.5. The molecule has 0 spiro atoms. The van der Waals surface area contributed by atoms with Gasteiger partial charge < -0.3 is 28.6 Å². The summed E-state index contributed by atoms with van der Waals surface area (Å²) >= 11 is 0. The number of allylic oxidation sites excluding steroid dienone is 6. The molecule has 0 N–H and O–H groups in total. The van der Waals surface area contributed by atoms with Gasteiger partial charge in [0.2, 0.25) is 0 Å². The molecule has 1 aliphatic rings. The van der Waals surface area contributed by atoms with Gasteiger partial charge in [0.25, 0.3) is 0 Å². The summed E-state index contributed by atoms with van der Waals surface area (Å²) in [6.07, 6.45) is 40.2. The van der Waals surface area contributed by atoms with Crippen LogP contribution in [-0.2, 0) is 47.7 Å². The number of carbonyl (C=O) groups excluding carboxylic acids is 5. The van der Waals surface area contributed by atoms with E-state index in [1.165, 1.54) is 44.9 Å². The van der Waals surface area contributed by atoms with Crippen molar-refractivity contribution in [1.29, 1.82) is 0 Å². The maximum atomic E-state index is 13.3. The van der Waals surface area contributed by atoms with Crippen molar-refractivity contribution in [3.63, 3.8) is 0 Å². The van der Waals surface area contributed by atoms with Crippen molar-refractivity contribution in [1.82, 2.24) is 4.90 Å². The third kappa shape index (κ3) is 37.0. The van der Waals surface area contributed by atoms with Crippen molar-refractivity contribution in [3.05, 3.63) is 36.5 Å². The van der Waals surface area contributed by atoms with E-state index in [-0.39, 0.29) is 92.5 Å². The Morgan fingerprint density at radius 2 is 1.10 bits per heavy atom. The van der Waals surface area contributed by atoms with Crippen molar-refractivity contribution < 1.29 is 47.7 Å². The zero-order valence-corrected chi connectivity index (χ0v) is 44.8. The van der Waals surface area contributed by atoms with Gasteiger partial charge in [-0.05, 0) is 116 Å². The van der Waals surface area contributed by atoms with Crippen LogP contribution in [0.1, 0.15) is 233 Å². The number of hydrogen-bond donors (Lipinski definition) is 0. The van der Waals surface area contributed by atoms with Crippen molar-refractivity contribution in [2.45, 2.75) is 245 Å². The Labute approximate surface area is 421 Å². The second kappa shape index (κ2) is 44.5. The molecule has 1 rings (SSSR count). The van der Waals surface area contributed by atoms with Gasteiger partial charge in [-0.1, -0.05) is 135 Å². The average molecular weight is 972 g/mol. The van der Waals surface area contributed by atoms with E-state index in [4.69, 9.17) is 23.7 Å². The van der Waals surface area contributed by atoms with E-state index in [2.05, 4.69) is 64.2 Å². The maximum Gasteiger partial charge on any atom is 0.307 e. The molecule has 69 heavy (non-hydrogen) atoms. The molecule has 1 fully saturated rings. The monoisotopic (exact) mass is 972 g/mol. The van der Waals surface area contributed by atoms with Crippen molar-refractivity contribution in [2.75, 3.05) is 40.5 Å². The Bertz CT molecular complexity index is 1380. The number of unbranched alkanes of at least 4 members (excludes halogenated alkanes) is 14. The molecule has 1 saturated carbocycles. The van der Waals surface area contributed by atoms with Crippen LogP contribution < -0.4 is 0 Å². The number of ether oxygens (including phenoxy) is 5. The third-order valence-corrected chi connectivity index (χ3v) is 13.1. The normalized spacial score (nSPS) is 16.6. The van der Waals surface area contributed by atoms with Crippen LogP contribution in [0.15, 0.2) is 36.5 Å². The number of hydrogen-bond acceptors (Lipinski definition) is 11. The molecule has 0 aromatic heterocycles. The van der Waals surface area contributed by atoms with Gasteiger partial charge in [-0.25, -0.2) is 0 Å². The summed E-state index contributed by atoms with van der Waals surface area (Å²) in [6, 6.07) is 0. The lowest BCUT2D eigenvalue weighted by molar-refractivity contribution is -0.153. The summed E-state index contributed by atoms with van der Waals surface area (Å²) in [5, 5.41) is 0. The van der Waals surface area contributed by atoms with E-state index < -0.39 is 0 Å². The Hall–Kier alpha value is -3.47. The lowest BCUT2D eigenvalue weighted by Gasteiger charge is -2.24. The second-order valence-electron chi connectivity index (χ2n) is 19.8. The topological polar surface area (TPSA) is 135 Å². The van der Waals surface area contributed by atoms with E-state index in [0.29, 0.717) is 57.9 Å². The Morgan fingerprint density at radius 3 is 1.72 bits per heavy atom. The summed E-state index contributed by atoms with van der Waals surface area (Å²) in [5.41, 5.74) is 0. The number of nitrogens with zero attached hydrogens (tertiary/aromatic N) is 1. The van der Waals surface area contributed by atoms with Gasteiger partial charge in [0.1, 0.15) is 12.2 Å². The van der Waals surface area contributed by atoms with Crippen LogP contribution in [0.25, 0.3) is 0 Å². The minimum atomic E-state index is -0.354. The molecule has 0 aromatic rings. The van der Waals surface area contributed by atoms with Gasteiger partial charge in [-0.3, -0.25) is 24.0 Å². The highest BCUT2D eigenvalue weighted by Crippen LogP contribution is 2.39. The Kier molecular flexibility index (Phi) is 41.0. The summed E-state index contributed by atoms with van der Waals surface area (Å²) in [6.45, 7) is 9.69. The van der Waals surface area contributed by atoms with E-state index in [1.54, 1.807) is 0 Å². The fourth-order valence-electron chi connectivity index (χ4n) is 8.78. The van der Waals surface area contributed by atoms with Crippen LogP contribution in [0.4, 0.5) is 0 Å². The van der Waals surface area contributed by atoms with E-state index in [0.717, 1.165) is 96.3 Å². The van der Waals surface area contributed by atoms with Gasteiger partial charge in [0.15, 0.2) is 0 Å². The van der Waals surface area contributed by atoms with Crippen LogP contribution in [0.3, 0.4) is 0 Å². The smallest absolute Gasteiger partial charge is 0.307 e. The van der Waals surface area contributed by atoms with Crippen LogP contribution in [0, 0.1) is 17.8 Å². The first-order valence-corrected chi connectivity index (χ1v) is 28.0. The summed E-state index contributed by atoms with van der Waals surface area (Å²) in [4.78, 5) is 65.9. The molecule has 0 aromatic carbocycles. The highest BCUT2D eigenvalue weighted by molar-refractivity contribution is 5.71. The summed E-state index contributed by atoms with van der Waals surface area (Å²) < 4.78 is 29.0. The molecule has 0 amide bonds. The lowest BCUT2D eigenvalue weighted by atomic mass is 9.88. The summed E-state index contributed by atoms with van der Waals surface area (Å²) in [5.74, 6) is -1.21. The predicted molar refractivity (Wildman–Crippen MR) is 280 cm³/mol. The first-order valence-electron chi connectivity index (χ1n) is 28.0. The largest absolute Gasteiger partial charge is 0.466 e. The van der Waals surface area contributed by atoms with E-state index >= 15 is 0 Å². The van der Waals surface area contributed by atoms with Crippen LogP contribution in [0.2, 0.25) is 0 Å². The van der Waals surface area contributed by atoms with Crippen molar-refractivity contribution in [3.8, 4) is 0 Å². The molecule has 11 heteroatoms. The van der Waals surface area contributed by atoms with Crippen LogP contribution >= 0.6 is 0 Å². The van der Waals surface area contributed by atoms with Crippen molar-refractivity contribution >= 4 is 29.8 Å². The second-order valence-corrected chi connectivity index (χ2v) is 19.8. The minimum Gasteiger partial charge on any atom is -0.466 e. The number of carbonyl (C=O) groups is 5. The highest BCUT2D eigenvalue weighted by Gasteiger charge is 2.39. The lowest BCUT2D eigenvalue weighted by Crippen LogP contribution is -2.28. The van der Waals surface area contributed by atoms with Crippen LogP contribution in [0.5, 0.6) is 0 Å². The molecule has 0 heterocycles. The standard InChI is InChI=1S/C58H101NO10/c1-7-11-15-16-17-18-19-20-21-22-23-24-25-26-27-31-35-51(43-45-65-58(64)46-50-40-41-53(52(50)36-28-12-8-2)69-57(63)42-44-59(5)6)68-56(62)39-33-32-34-49(47-66-54(60)37-29-13-9-3)48-67-55(61)38-30-14-10-4/h12,17-18,20-21,28,49-53H,7-11,13-16,19,22-27,29-48H2,1-6H3/b18-17-,21-20-,28-12-. The van der Waals surface area contributed by atoms with E-state index in [1.807, 2.05) is 19.0 Å². The van der Waals surface area contributed by atoms with Gasteiger partial charge in [-0.2, -0.15) is 0 Å². The first-order chi connectivity index (χ1) is 33.5. The number of esters is 5. The molecular formula is C58H101NO10. The third-order valence-electron chi connectivity index (χ3n) is 13.1. The molecule has 4 atom stereocenters. The minimum absolute atomic E-state index is 0.0626. The predicted octanol–water partition coefficient (Wildman–Crippen LogP) is 14.1. The van der Waals surface area contributed by atoms with Gasteiger partial charge in [-0.15, -0.1) is 0 Å². The molecule has 1 aliphatic carbocycles. The van der Waals surface area contributed by atoms with Gasteiger partial charge >= 0.3 is 29.8 Å². The Morgan fingerprint density at radius 1 is 0.536 bits per heavy atom. The molecular weight excluding hydrogens is 871 g/mol. The molecule has 398 valence electrons. The summed E-state index contributed by atoms with van der Waals surface area (Å²) in [7, 11) is 3.87.